The molecule has 0 saturated carbocycles. The summed E-state index contributed by atoms with van der Waals surface area (Å²) in [5.41, 5.74) is 10.2. The van der Waals surface area contributed by atoms with E-state index >= 15 is 0 Å². The van der Waals surface area contributed by atoms with E-state index < -0.39 is 0 Å². The monoisotopic (exact) mass is 360 g/mol. The van der Waals surface area contributed by atoms with Crippen LogP contribution in [0.3, 0.4) is 0 Å². The number of rotatable bonds is 5. The summed E-state index contributed by atoms with van der Waals surface area (Å²) in [5.74, 6) is 1.64. The number of anilines is 2. The summed E-state index contributed by atoms with van der Waals surface area (Å²) in [4.78, 5) is 17.3. The summed E-state index contributed by atoms with van der Waals surface area (Å²) in [5, 5.41) is 7.71. The van der Waals surface area contributed by atoms with Crippen LogP contribution in [0.5, 0.6) is 0 Å². The zero-order chi connectivity index (χ0) is 18.8. The van der Waals surface area contributed by atoms with Gasteiger partial charge in [0.2, 0.25) is 0 Å². The summed E-state index contributed by atoms with van der Waals surface area (Å²) in [7, 11) is 0. The second kappa shape index (κ2) is 6.99. The zero-order valence-corrected chi connectivity index (χ0v) is 15.2. The van der Waals surface area contributed by atoms with Crippen LogP contribution < -0.4 is 11.1 Å². The van der Waals surface area contributed by atoms with Gasteiger partial charge in [0, 0.05) is 43.0 Å². The Labute approximate surface area is 156 Å². The maximum absolute atomic E-state index is 6.18. The van der Waals surface area contributed by atoms with E-state index in [1.165, 1.54) is 6.33 Å². The van der Waals surface area contributed by atoms with Crippen molar-refractivity contribution in [3.05, 3.63) is 49.3 Å². The van der Waals surface area contributed by atoms with Crippen molar-refractivity contribution in [2.75, 3.05) is 17.6 Å². The molecule has 27 heavy (non-hydrogen) atoms. The van der Waals surface area contributed by atoms with Crippen molar-refractivity contribution in [2.24, 2.45) is 5.92 Å². The lowest BCUT2D eigenvalue weighted by Gasteiger charge is -2.08. The van der Waals surface area contributed by atoms with Gasteiger partial charge >= 0.3 is 0 Å². The molecule has 0 saturated heterocycles. The molecule has 0 aliphatic heterocycles. The molecular weight excluding hydrogens is 340 g/mol. The van der Waals surface area contributed by atoms with Crippen molar-refractivity contribution in [1.82, 2.24) is 29.5 Å². The topological polar surface area (TPSA) is 107 Å². The molecule has 0 bridgehead atoms. The van der Waals surface area contributed by atoms with Crippen LogP contribution in [-0.2, 0) is 0 Å². The largest absolute Gasteiger partial charge is 0.382 e. The lowest BCUT2D eigenvalue weighted by molar-refractivity contribution is 0.687. The van der Waals surface area contributed by atoms with Gasteiger partial charge < -0.3 is 11.1 Å². The van der Waals surface area contributed by atoms with Gasteiger partial charge in [-0.3, -0.25) is 4.98 Å². The van der Waals surface area contributed by atoms with Crippen LogP contribution in [0.2, 0.25) is 0 Å². The Balaban J connectivity index is 1.74. The molecule has 4 aromatic rings. The van der Waals surface area contributed by atoms with E-state index in [1.54, 1.807) is 23.1 Å². The number of pyridine rings is 1. The van der Waals surface area contributed by atoms with Gasteiger partial charge in [-0.2, -0.15) is 0 Å². The predicted octanol–water partition coefficient (Wildman–Crippen LogP) is 2.90. The third kappa shape index (κ3) is 3.41. The molecule has 0 unspecified atom stereocenters. The Kier molecular flexibility index (Phi) is 4.37. The first kappa shape index (κ1) is 16.9. The maximum Gasteiger partial charge on any atom is 0.166 e. The number of nitrogen functional groups attached to an aromatic ring is 1. The third-order valence-electron chi connectivity index (χ3n) is 4.13. The van der Waals surface area contributed by atoms with Crippen LogP contribution >= 0.6 is 0 Å². The maximum atomic E-state index is 6.18. The first-order valence-corrected chi connectivity index (χ1v) is 8.72. The van der Waals surface area contributed by atoms with Crippen LogP contribution in [0.25, 0.3) is 28.0 Å². The van der Waals surface area contributed by atoms with Crippen molar-refractivity contribution in [3.63, 3.8) is 0 Å². The van der Waals surface area contributed by atoms with Crippen molar-refractivity contribution in [1.29, 1.82) is 0 Å². The Bertz CT molecular complexity index is 1070. The highest BCUT2D eigenvalue weighted by molar-refractivity contribution is 5.85. The number of nitrogens with one attached hydrogen (secondary N) is 1. The van der Waals surface area contributed by atoms with Crippen LogP contribution in [0.15, 0.2) is 49.3 Å². The minimum Gasteiger partial charge on any atom is -0.382 e. The molecule has 0 aliphatic carbocycles. The Hall–Kier alpha value is -3.55. The SMILES string of the molecule is CC(C)CNc1cc(-c2c(N)nn3cc(-c4ccncc4)cnc23)ncn1. The van der Waals surface area contributed by atoms with E-state index in [1.807, 2.05) is 24.4 Å². The second-order valence-corrected chi connectivity index (χ2v) is 6.67. The molecule has 0 aliphatic rings. The van der Waals surface area contributed by atoms with Gasteiger partial charge in [0.25, 0.3) is 0 Å². The molecule has 4 rings (SSSR count). The molecule has 8 heteroatoms. The molecule has 0 aromatic carbocycles. The van der Waals surface area contributed by atoms with Gasteiger partial charge in [0.05, 0.1) is 11.3 Å². The van der Waals surface area contributed by atoms with E-state index in [2.05, 4.69) is 44.2 Å². The Morgan fingerprint density at radius 3 is 2.70 bits per heavy atom. The van der Waals surface area contributed by atoms with E-state index in [-0.39, 0.29) is 0 Å². The summed E-state index contributed by atoms with van der Waals surface area (Å²) >= 11 is 0. The predicted molar refractivity (Wildman–Crippen MR) is 105 cm³/mol. The summed E-state index contributed by atoms with van der Waals surface area (Å²) in [6, 6.07) is 5.72. The van der Waals surface area contributed by atoms with E-state index in [0.29, 0.717) is 28.6 Å². The number of aromatic nitrogens is 6. The molecule has 136 valence electrons. The fourth-order valence-electron chi connectivity index (χ4n) is 2.79. The van der Waals surface area contributed by atoms with Crippen LogP contribution in [-0.4, -0.2) is 36.1 Å². The van der Waals surface area contributed by atoms with Gasteiger partial charge in [0.1, 0.15) is 12.1 Å². The number of nitrogens with two attached hydrogens (primary N) is 1. The molecule has 0 spiro atoms. The van der Waals surface area contributed by atoms with Crippen molar-refractivity contribution in [2.45, 2.75) is 13.8 Å². The normalized spacial score (nSPS) is 11.2. The molecular formula is C19H20N8. The lowest BCUT2D eigenvalue weighted by Crippen LogP contribution is -2.09. The smallest absolute Gasteiger partial charge is 0.166 e. The van der Waals surface area contributed by atoms with Crippen molar-refractivity contribution < 1.29 is 0 Å². The molecule has 0 amide bonds. The van der Waals surface area contributed by atoms with Gasteiger partial charge in [-0.25, -0.2) is 19.5 Å². The quantitative estimate of drug-likeness (QED) is 0.563. The molecule has 0 atom stereocenters. The van der Waals surface area contributed by atoms with Crippen molar-refractivity contribution in [3.8, 4) is 22.4 Å². The van der Waals surface area contributed by atoms with Gasteiger partial charge in [0.15, 0.2) is 11.5 Å². The van der Waals surface area contributed by atoms with Gasteiger partial charge in [-0.1, -0.05) is 13.8 Å². The van der Waals surface area contributed by atoms with Crippen molar-refractivity contribution >= 4 is 17.3 Å². The Morgan fingerprint density at radius 1 is 1.11 bits per heavy atom. The standard InChI is InChI=1S/C19H20N8/c1-12(2)8-22-16-7-15(24-11-25-16)17-18(20)26-27-10-14(9-23-19(17)27)13-3-5-21-6-4-13/h3-7,9-12H,8H2,1-2H3,(H2,20,26)(H,22,24,25). The number of hydrogen-bond donors (Lipinski definition) is 2. The van der Waals surface area contributed by atoms with Gasteiger partial charge in [-0.15, -0.1) is 5.10 Å². The number of nitrogens with zero attached hydrogens (tertiary/aromatic N) is 6. The molecule has 3 N–H and O–H groups in total. The third-order valence-corrected chi connectivity index (χ3v) is 4.13. The highest BCUT2D eigenvalue weighted by Gasteiger charge is 2.16. The van der Waals surface area contributed by atoms with Gasteiger partial charge in [-0.05, 0) is 23.6 Å². The molecule has 4 heterocycles. The summed E-state index contributed by atoms with van der Waals surface area (Å²) in [6.45, 7) is 5.11. The number of hydrogen-bond acceptors (Lipinski definition) is 7. The number of fused-ring (bicyclic) bond motifs is 1. The van der Waals surface area contributed by atoms with E-state index in [4.69, 9.17) is 5.73 Å². The average Bonchev–Trinajstić information content (AvgIpc) is 3.02. The fraction of sp³-hybridized carbons (Fsp3) is 0.211. The van der Waals surface area contributed by atoms with Crippen LogP contribution in [0.1, 0.15) is 13.8 Å². The molecule has 8 nitrogen and oxygen atoms in total. The second-order valence-electron chi connectivity index (χ2n) is 6.67. The highest BCUT2D eigenvalue weighted by Crippen LogP contribution is 2.29. The molecule has 4 aromatic heterocycles. The average molecular weight is 360 g/mol. The molecule has 0 radical (unpaired) electrons. The van der Waals surface area contributed by atoms with Crippen LogP contribution in [0, 0.1) is 5.92 Å². The molecule has 0 fully saturated rings. The first-order chi connectivity index (χ1) is 13.1. The summed E-state index contributed by atoms with van der Waals surface area (Å²) < 4.78 is 1.68. The summed E-state index contributed by atoms with van der Waals surface area (Å²) in [6.07, 6.45) is 8.71. The first-order valence-electron chi connectivity index (χ1n) is 8.72. The minimum atomic E-state index is 0.378. The lowest BCUT2D eigenvalue weighted by atomic mass is 10.1. The van der Waals surface area contributed by atoms with E-state index in [0.717, 1.165) is 23.5 Å². The zero-order valence-electron chi connectivity index (χ0n) is 15.2. The Morgan fingerprint density at radius 2 is 1.93 bits per heavy atom. The van der Waals surface area contributed by atoms with Crippen LogP contribution in [0.4, 0.5) is 11.6 Å². The minimum absolute atomic E-state index is 0.378. The fourth-order valence-corrected chi connectivity index (χ4v) is 2.79. The highest BCUT2D eigenvalue weighted by atomic mass is 15.3. The van der Waals surface area contributed by atoms with E-state index in [9.17, 15) is 0 Å².